The lowest BCUT2D eigenvalue weighted by atomic mass is 10.1. The zero-order chi connectivity index (χ0) is 20.2. The lowest BCUT2D eigenvalue weighted by molar-refractivity contribution is -0.120. The first-order chi connectivity index (χ1) is 14.1. The Morgan fingerprint density at radius 3 is 2.83 bits per heavy atom. The van der Waals surface area contributed by atoms with Crippen LogP contribution in [0.15, 0.2) is 47.5 Å². The molecule has 29 heavy (non-hydrogen) atoms. The van der Waals surface area contributed by atoms with Crippen LogP contribution in [-0.4, -0.2) is 43.7 Å². The molecule has 3 aromatic heterocycles. The summed E-state index contributed by atoms with van der Waals surface area (Å²) >= 11 is 0. The van der Waals surface area contributed by atoms with Gasteiger partial charge >= 0.3 is 0 Å². The molecule has 0 aliphatic heterocycles. The maximum Gasteiger partial charge on any atom is 0.226 e. The van der Waals surface area contributed by atoms with Crippen LogP contribution in [0.2, 0.25) is 0 Å². The minimum atomic E-state index is -0.112. The third-order valence-electron chi connectivity index (χ3n) is 4.68. The van der Waals surface area contributed by atoms with Gasteiger partial charge in [0, 0.05) is 30.2 Å². The molecule has 148 valence electrons. The van der Waals surface area contributed by atoms with Crippen LogP contribution in [0.25, 0.3) is 16.8 Å². The van der Waals surface area contributed by atoms with E-state index in [9.17, 15) is 4.79 Å². The molecule has 0 spiro atoms. The van der Waals surface area contributed by atoms with Gasteiger partial charge in [0.15, 0.2) is 5.58 Å². The minimum Gasteiger partial charge on any atom is -0.368 e. The van der Waals surface area contributed by atoms with E-state index in [1.54, 1.807) is 6.33 Å². The number of aromatic nitrogens is 5. The van der Waals surface area contributed by atoms with E-state index in [1.165, 1.54) is 6.33 Å². The van der Waals surface area contributed by atoms with Gasteiger partial charge in [-0.2, -0.15) is 0 Å². The number of benzene rings is 1. The van der Waals surface area contributed by atoms with E-state index in [2.05, 4.69) is 30.7 Å². The van der Waals surface area contributed by atoms with Gasteiger partial charge in [-0.05, 0) is 26.0 Å². The molecule has 9 heteroatoms. The van der Waals surface area contributed by atoms with Crippen LogP contribution in [0.1, 0.15) is 17.1 Å². The summed E-state index contributed by atoms with van der Waals surface area (Å²) in [7, 11) is 0. The lowest BCUT2D eigenvalue weighted by Gasteiger charge is -2.09. The maximum absolute atomic E-state index is 12.2. The predicted octanol–water partition coefficient (Wildman–Crippen LogP) is 2.19. The number of carbonyl (C=O) groups is 1. The van der Waals surface area contributed by atoms with Crippen LogP contribution >= 0.6 is 0 Å². The van der Waals surface area contributed by atoms with Crippen molar-refractivity contribution in [3.8, 4) is 5.82 Å². The Bertz CT molecular complexity index is 1150. The number of fused-ring (bicyclic) bond motifs is 1. The molecule has 4 rings (SSSR count). The number of hydrogen-bond donors (Lipinski definition) is 2. The molecule has 0 saturated heterocycles. The first-order valence-electron chi connectivity index (χ1n) is 9.28. The van der Waals surface area contributed by atoms with Crippen molar-refractivity contribution >= 4 is 22.7 Å². The van der Waals surface area contributed by atoms with Gasteiger partial charge < -0.3 is 15.2 Å². The van der Waals surface area contributed by atoms with Crippen molar-refractivity contribution in [2.75, 3.05) is 18.4 Å². The van der Waals surface area contributed by atoms with Gasteiger partial charge in [-0.3, -0.25) is 9.36 Å². The van der Waals surface area contributed by atoms with E-state index < -0.39 is 0 Å². The Morgan fingerprint density at radius 2 is 2.00 bits per heavy atom. The fraction of sp³-hybridized carbons (Fsp3) is 0.250. The third-order valence-corrected chi connectivity index (χ3v) is 4.68. The zero-order valence-electron chi connectivity index (χ0n) is 16.2. The molecule has 9 nitrogen and oxygen atoms in total. The normalized spacial score (nSPS) is 11.0. The van der Waals surface area contributed by atoms with E-state index in [0.29, 0.717) is 30.2 Å². The SMILES string of the molecule is Cc1ncn(-c2cc(NCCNC(=O)Cc3noc4ccccc34)ncn2)c1C. The van der Waals surface area contributed by atoms with Crippen LogP contribution in [0.3, 0.4) is 0 Å². The summed E-state index contributed by atoms with van der Waals surface area (Å²) in [5.41, 5.74) is 3.31. The molecule has 0 atom stereocenters. The van der Waals surface area contributed by atoms with Crippen molar-refractivity contribution in [1.82, 2.24) is 30.0 Å². The molecule has 0 aliphatic rings. The molecule has 0 bridgehead atoms. The topological polar surface area (TPSA) is 111 Å². The molecule has 2 N–H and O–H groups in total. The Morgan fingerprint density at radius 1 is 1.14 bits per heavy atom. The van der Waals surface area contributed by atoms with E-state index in [-0.39, 0.29) is 12.3 Å². The van der Waals surface area contributed by atoms with Crippen molar-refractivity contribution in [2.45, 2.75) is 20.3 Å². The van der Waals surface area contributed by atoms with Gasteiger partial charge in [0.25, 0.3) is 0 Å². The summed E-state index contributed by atoms with van der Waals surface area (Å²) in [5, 5.41) is 10.9. The molecule has 0 fully saturated rings. The summed E-state index contributed by atoms with van der Waals surface area (Å²) in [5.74, 6) is 1.30. The second kappa shape index (κ2) is 8.09. The highest BCUT2D eigenvalue weighted by molar-refractivity contribution is 5.86. The van der Waals surface area contributed by atoms with E-state index in [0.717, 1.165) is 22.6 Å². The van der Waals surface area contributed by atoms with Crippen molar-refractivity contribution < 1.29 is 9.32 Å². The Kier molecular flexibility index (Phi) is 5.19. The van der Waals surface area contributed by atoms with E-state index in [4.69, 9.17) is 4.52 Å². The van der Waals surface area contributed by atoms with E-state index in [1.807, 2.05) is 48.7 Å². The number of hydrogen-bond acceptors (Lipinski definition) is 7. The van der Waals surface area contributed by atoms with Crippen molar-refractivity contribution in [3.63, 3.8) is 0 Å². The van der Waals surface area contributed by atoms with Gasteiger partial charge in [-0.1, -0.05) is 17.3 Å². The molecular formula is C20H21N7O2. The summed E-state index contributed by atoms with van der Waals surface area (Å²) in [6, 6.07) is 9.34. The molecular weight excluding hydrogens is 370 g/mol. The van der Waals surface area contributed by atoms with Crippen LogP contribution in [0, 0.1) is 13.8 Å². The standard InChI is InChI=1S/C20H21N7O2/c1-13-14(2)27(12-25-13)19-10-18(23-11-24-19)21-7-8-22-20(28)9-16-15-5-3-4-6-17(15)29-26-16/h3-6,10-12H,7-9H2,1-2H3,(H,22,28)(H,21,23,24). The number of anilines is 1. The van der Waals surface area contributed by atoms with E-state index >= 15 is 0 Å². The Labute approximate surface area is 167 Å². The first-order valence-corrected chi connectivity index (χ1v) is 9.28. The van der Waals surface area contributed by atoms with Crippen LogP contribution in [0.5, 0.6) is 0 Å². The van der Waals surface area contributed by atoms with Crippen molar-refractivity contribution in [3.05, 3.63) is 60.1 Å². The highest BCUT2D eigenvalue weighted by atomic mass is 16.5. The molecule has 1 amide bonds. The highest BCUT2D eigenvalue weighted by Gasteiger charge is 2.11. The minimum absolute atomic E-state index is 0.112. The number of rotatable bonds is 7. The van der Waals surface area contributed by atoms with Gasteiger partial charge in [-0.15, -0.1) is 0 Å². The van der Waals surface area contributed by atoms with Crippen molar-refractivity contribution in [2.24, 2.45) is 0 Å². The number of nitrogens with one attached hydrogen (secondary N) is 2. The zero-order valence-corrected chi connectivity index (χ0v) is 16.2. The average molecular weight is 391 g/mol. The number of carbonyl (C=O) groups excluding carboxylic acids is 1. The van der Waals surface area contributed by atoms with Gasteiger partial charge in [-0.25, -0.2) is 15.0 Å². The molecule has 0 radical (unpaired) electrons. The predicted molar refractivity (Wildman–Crippen MR) is 108 cm³/mol. The quantitative estimate of drug-likeness (QED) is 0.465. The molecule has 1 aromatic carbocycles. The molecule has 0 unspecified atom stereocenters. The maximum atomic E-state index is 12.2. The highest BCUT2D eigenvalue weighted by Crippen LogP contribution is 2.18. The fourth-order valence-electron chi connectivity index (χ4n) is 2.98. The van der Waals surface area contributed by atoms with Gasteiger partial charge in [0.1, 0.15) is 30.0 Å². The van der Waals surface area contributed by atoms with Gasteiger partial charge in [0.2, 0.25) is 5.91 Å². The van der Waals surface area contributed by atoms with Crippen LogP contribution in [0.4, 0.5) is 5.82 Å². The third kappa shape index (κ3) is 4.08. The van der Waals surface area contributed by atoms with Gasteiger partial charge in [0.05, 0.1) is 12.1 Å². The number of imidazole rings is 1. The van der Waals surface area contributed by atoms with Crippen LogP contribution in [-0.2, 0) is 11.2 Å². The Balaban J connectivity index is 1.29. The lowest BCUT2D eigenvalue weighted by Crippen LogP contribution is -2.30. The molecule has 0 saturated carbocycles. The van der Waals surface area contributed by atoms with Crippen molar-refractivity contribution in [1.29, 1.82) is 0 Å². The number of nitrogens with zero attached hydrogens (tertiary/aromatic N) is 5. The number of aryl methyl sites for hydroxylation is 1. The Hall–Kier alpha value is -3.75. The molecule has 4 aromatic rings. The summed E-state index contributed by atoms with van der Waals surface area (Å²) in [4.78, 5) is 25.0. The molecule has 0 aliphatic carbocycles. The summed E-state index contributed by atoms with van der Waals surface area (Å²) in [6.45, 7) is 4.93. The monoisotopic (exact) mass is 391 g/mol. The average Bonchev–Trinajstić information content (AvgIpc) is 3.29. The second-order valence-electron chi connectivity index (χ2n) is 6.63. The smallest absolute Gasteiger partial charge is 0.226 e. The first kappa shape index (κ1) is 18.6. The summed E-state index contributed by atoms with van der Waals surface area (Å²) in [6.07, 6.45) is 3.42. The second-order valence-corrected chi connectivity index (χ2v) is 6.63. The fourth-order valence-corrected chi connectivity index (χ4v) is 2.98. The number of para-hydroxylation sites is 1. The van der Waals surface area contributed by atoms with Crippen LogP contribution < -0.4 is 10.6 Å². The molecule has 3 heterocycles. The largest absolute Gasteiger partial charge is 0.368 e. The number of amides is 1. The summed E-state index contributed by atoms with van der Waals surface area (Å²) < 4.78 is 7.14.